The average molecular weight is 257 g/mol. The van der Waals surface area contributed by atoms with Gasteiger partial charge in [-0.3, -0.25) is 4.98 Å². The van der Waals surface area contributed by atoms with Gasteiger partial charge in [-0.05, 0) is 46.2 Å². The van der Waals surface area contributed by atoms with E-state index < -0.39 is 0 Å². The van der Waals surface area contributed by atoms with E-state index >= 15 is 0 Å². The number of para-hydroxylation sites is 1. The topological polar surface area (TPSA) is 28.2 Å². The molecule has 1 aromatic carbocycles. The predicted molar refractivity (Wildman–Crippen MR) is 81.5 cm³/mol. The van der Waals surface area contributed by atoms with E-state index in [1.165, 1.54) is 5.39 Å². The highest BCUT2D eigenvalue weighted by Gasteiger charge is 2.09. The molecular formula is C16H23N3. The van der Waals surface area contributed by atoms with E-state index in [1.54, 1.807) is 0 Å². The number of pyridine rings is 1. The van der Waals surface area contributed by atoms with Crippen LogP contribution in [-0.2, 0) is 6.42 Å². The first kappa shape index (κ1) is 14.0. The zero-order valence-corrected chi connectivity index (χ0v) is 12.1. The molecule has 0 aliphatic rings. The lowest BCUT2D eigenvalue weighted by Gasteiger charge is -2.18. The molecule has 0 spiro atoms. The second-order valence-electron chi connectivity index (χ2n) is 5.28. The van der Waals surface area contributed by atoms with Crippen molar-refractivity contribution in [2.75, 3.05) is 27.7 Å². The molecule has 1 unspecified atom stereocenters. The molecule has 0 saturated carbocycles. The van der Waals surface area contributed by atoms with Crippen molar-refractivity contribution in [3.63, 3.8) is 0 Å². The van der Waals surface area contributed by atoms with Gasteiger partial charge in [-0.1, -0.05) is 24.3 Å². The molecule has 1 heterocycles. The third kappa shape index (κ3) is 4.01. The maximum atomic E-state index is 4.74. The summed E-state index contributed by atoms with van der Waals surface area (Å²) in [6.45, 7) is 1.10. The molecule has 2 aromatic rings. The molecule has 3 nitrogen and oxygen atoms in total. The van der Waals surface area contributed by atoms with E-state index in [1.807, 2.05) is 13.1 Å². The SMILES string of the molecule is CNC(CCN(C)C)Cc1ccc2ccccc2n1. The molecule has 0 aliphatic heterocycles. The Labute approximate surface area is 115 Å². The zero-order valence-electron chi connectivity index (χ0n) is 12.1. The summed E-state index contributed by atoms with van der Waals surface area (Å²) in [5, 5.41) is 4.60. The summed E-state index contributed by atoms with van der Waals surface area (Å²) in [7, 11) is 6.25. The van der Waals surface area contributed by atoms with E-state index in [4.69, 9.17) is 4.98 Å². The fourth-order valence-electron chi connectivity index (χ4n) is 2.24. The number of rotatable bonds is 6. The van der Waals surface area contributed by atoms with Crippen molar-refractivity contribution in [3.8, 4) is 0 Å². The van der Waals surface area contributed by atoms with E-state index in [0.29, 0.717) is 6.04 Å². The molecule has 0 aliphatic carbocycles. The second kappa shape index (κ2) is 6.64. The number of fused-ring (bicyclic) bond motifs is 1. The van der Waals surface area contributed by atoms with Crippen molar-refractivity contribution in [1.82, 2.24) is 15.2 Å². The first-order valence-corrected chi connectivity index (χ1v) is 6.85. The van der Waals surface area contributed by atoms with Gasteiger partial charge in [0.2, 0.25) is 0 Å². The number of benzene rings is 1. The van der Waals surface area contributed by atoms with Crippen molar-refractivity contribution < 1.29 is 0 Å². The number of nitrogens with one attached hydrogen (secondary N) is 1. The van der Waals surface area contributed by atoms with Gasteiger partial charge in [-0.15, -0.1) is 0 Å². The maximum absolute atomic E-state index is 4.74. The van der Waals surface area contributed by atoms with Gasteiger partial charge in [-0.25, -0.2) is 0 Å². The lowest BCUT2D eigenvalue weighted by atomic mass is 10.1. The largest absolute Gasteiger partial charge is 0.317 e. The van der Waals surface area contributed by atoms with Gasteiger partial charge in [0.1, 0.15) is 0 Å². The zero-order chi connectivity index (χ0) is 13.7. The normalized spacial score (nSPS) is 13.1. The summed E-state index contributed by atoms with van der Waals surface area (Å²) in [6.07, 6.45) is 2.12. The molecule has 2 rings (SSSR count). The Hall–Kier alpha value is -1.45. The summed E-state index contributed by atoms with van der Waals surface area (Å²) >= 11 is 0. The van der Waals surface area contributed by atoms with Crippen LogP contribution in [0.4, 0.5) is 0 Å². The first-order valence-electron chi connectivity index (χ1n) is 6.85. The highest BCUT2D eigenvalue weighted by molar-refractivity contribution is 5.78. The lowest BCUT2D eigenvalue weighted by molar-refractivity contribution is 0.363. The van der Waals surface area contributed by atoms with Crippen molar-refractivity contribution in [1.29, 1.82) is 0 Å². The van der Waals surface area contributed by atoms with Crippen molar-refractivity contribution >= 4 is 10.9 Å². The minimum atomic E-state index is 0.482. The van der Waals surface area contributed by atoms with Crippen molar-refractivity contribution in [2.24, 2.45) is 0 Å². The van der Waals surface area contributed by atoms with Gasteiger partial charge in [0.25, 0.3) is 0 Å². The smallest absolute Gasteiger partial charge is 0.0705 e. The molecule has 1 aromatic heterocycles. The number of hydrogen-bond acceptors (Lipinski definition) is 3. The predicted octanol–water partition coefficient (Wildman–Crippen LogP) is 2.32. The van der Waals surface area contributed by atoms with Gasteiger partial charge in [0.15, 0.2) is 0 Å². The van der Waals surface area contributed by atoms with Crippen molar-refractivity contribution in [2.45, 2.75) is 18.9 Å². The minimum absolute atomic E-state index is 0.482. The van der Waals surface area contributed by atoms with Crippen molar-refractivity contribution in [3.05, 3.63) is 42.1 Å². The molecule has 19 heavy (non-hydrogen) atoms. The van der Waals surface area contributed by atoms with Crippen LogP contribution in [0.2, 0.25) is 0 Å². The molecule has 0 radical (unpaired) electrons. The van der Waals surface area contributed by atoms with E-state index in [2.05, 4.69) is 54.6 Å². The van der Waals surface area contributed by atoms with Crippen LogP contribution < -0.4 is 5.32 Å². The summed E-state index contributed by atoms with van der Waals surface area (Å²) in [6, 6.07) is 13.1. The average Bonchev–Trinajstić information content (AvgIpc) is 2.43. The highest BCUT2D eigenvalue weighted by Crippen LogP contribution is 2.13. The van der Waals surface area contributed by atoms with Crippen LogP contribution in [0.3, 0.4) is 0 Å². The molecular weight excluding hydrogens is 234 g/mol. The number of aromatic nitrogens is 1. The standard InChI is InChI=1S/C16H23N3/c1-17-14(10-11-19(2)3)12-15-9-8-13-6-4-5-7-16(13)18-15/h4-9,14,17H,10-12H2,1-3H3. The fourth-order valence-corrected chi connectivity index (χ4v) is 2.24. The van der Waals surface area contributed by atoms with Gasteiger partial charge >= 0.3 is 0 Å². The highest BCUT2D eigenvalue weighted by atomic mass is 15.1. The Balaban J connectivity index is 2.06. The molecule has 3 heteroatoms. The summed E-state index contributed by atoms with van der Waals surface area (Å²) in [5.41, 5.74) is 2.25. The van der Waals surface area contributed by atoms with E-state index in [-0.39, 0.29) is 0 Å². The molecule has 0 bridgehead atoms. The van der Waals surface area contributed by atoms with Gasteiger partial charge in [0.05, 0.1) is 5.52 Å². The quantitative estimate of drug-likeness (QED) is 0.861. The van der Waals surface area contributed by atoms with E-state index in [0.717, 1.165) is 30.6 Å². The fraction of sp³-hybridized carbons (Fsp3) is 0.438. The van der Waals surface area contributed by atoms with Crippen LogP contribution in [0.15, 0.2) is 36.4 Å². The Kier molecular flexibility index (Phi) is 4.88. The molecule has 1 N–H and O–H groups in total. The Bertz CT molecular complexity index is 522. The van der Waals surface area contributed by atoms with E-state index in [9.17, 15) is 0 Å². The second-order valence-corrected chi connectivity index (χ2v) is 5.28. The summed E-state index contributed by atoms with van der Waals surface area (Å²) in [4.78, 5) is 6.96. The molecule has 0 saturated heterocycles. The van der Waals surface area contributed by atoms with Gasteiger partial charge in [0, 0.05) is 23.5 Å². The van der Waals surface area contributed by atoms with Crippen LogP contribution in [0.25, 0.3) is 10.9 Å². The molecule has 0 fully saturated rings. The monoisotopic (exact) mass is 257 g/mol. The first-order chi connectivity index (χ1) is 9.19. The number of hydrogen-bond donors (Lipinski definition) is 1. The Morgan fingerprint density at radius 2 is 1.95 bits per heavy atom. The summed E-state index contributed by atoms with van der Waals surface area (Å²) < 4.78 is 0. The maximum Gasteiger partial charge on any atom is 0.0705 e. The number of likely N-dealkylation sites (N-methyl/N-ethyl adjacent to an activating group) is 1. The van der Waals surface area contributed by atoms with Crippen LogP contribution in [-0.4, -0.2) is 43.6 Å². The van der Waals surface area contributed by atoms with Crippen LogP contribution in [0.1, 0.15) is 12.1 Å². The van der Waals surface area contributed by atoms with Crippen LogP contribution in [0, 0.1) is 0 Å². The van der Waals surface area contributed by atoms with Crippen LogP contribution >= 0.6 is 0 Å². The molecule has 0 amide bonds. The summed E-state index contributed by atoms with van der Waals surface area (Å²) in [5.74, 6) is 0. The van der Waals surface area contributed by atoms with Gasteiger partial charge in [-0.2, -0.15) is 0 Å². The molecule has 1 atom stereocenters. The van der Waals surface area contributed by atoms with Crippen LogP contribution in [0.5, 0.6) is 0 Å². The Morgan fingerprint density at radius 1 is 1.16 bits per heavy atom. The minimum Gasteiger partial charge on any atom is -0.317 e. The lowest BCUT2D eigenvalue weighted by Crippen LogP contribution is -2.31. The molecule has 102 valence electrons. The Morgan fingerprint density at radius 3 is 2.68 bits per heavy atom. The van der Waals surface area contributed by atoms with Gasteiger partial charge < -0.3 is 10.2 Å². The third-order valence-corrected chi connectivity index (χ3v) is 3.44. The third-order valence-electron chi connectivity index (χ3n) is 3.44. The number of nitrogens with zero attached hydrogens (tertiary/aromatic N) is 2.